The summed E-state index contributed by atoms with van der Waals surface area (Å²) in [6.45, 7) is 6.84. The van der Waals surface area contributed by atoms with Crippen LogP contribution in [0, 0.1) is 0 Å². The third kappa shape index (κ3) is 4.35. The monoisotopic (exact) mass is 299 g/mol. The van der Waals surface area contributed by atoms with Crippen molar-refractivity contribution in [2.45, 2.75) is 32.2 Å². The van der Waals surface area contributed by atoms with Crippen molar-refractivity contribution in [3.8, 4) is 5.75 Å². The first-order valence-electron chi connectivity index (χ1n) is 6.79. The van der Waals surface area contributed by atoms with Crippen molar-refractivity contribution in [3.63, 3.8) is 0 Å². The summed E-state index contributed by atoms with van der Waals surface area (Å²) in [4.78, 5) is 0. The first-order chi connectivity index (χ1) is 9.50. The Morgan fingerprint density at radius 2 is 2.25 bits per heavy atom. The lowest BCUT2D eigenvalue weighted by molar-refractivity contribution is -0.122. The molecule has 4 nitrogen and oxygen atoms in total. The van der Waals surface area contributed by atoms with Crippen molar-refractivity contribution in [1.82, 2.24) is 5.32 Å². The van der Waals surface area contributed by atoms with E-state index in [1.54, 1.807) is 13.2 Å². The van der Waals surface area contributed by atoms with Crippen molar-refractivity contribution >= 4 is 11.6 Å². The number of ether oxygens (including phenoxy) is 3. The van der Waals surface area contributed by atoms with Gasteiger partial charge in [-0.15, -0.1) is 0 Å². The third-order valence-corrected chi connectivity index (χ3v) is 3.45. The highest BCUT2D eigenvalue weighted by molar-refractivity contribution is 6.30. The number of benzene rings is 1. The Morgan fingerprint density at radius 3 is 2.95 bits per heavy atom. The van der Waals surface area contributed by atoms with Crippen LogP contribution >= 0.6 is 11.6 Å². The summed E-state index contributed by atoms with van der Waals surface area (Å²) in [6.07, 6.45) is 0.0731. The fourth-order valence-corrected chi connectivity index (χ4v) is 2.52. The highest BCUT2D eigenvalue weighted by atomic mass is 35.5. The zero-order valence-electron chi connectivity index (χ0n) is 12.2. The summed E-state index contributed by atoms with van der Waals surface area (Å²) in [6, 6.07) is 5.52. The van der Waals surface area contributed by atoms with Crippen LogP contribution in [-0.4, -0.2) is 38.5 Å². The second-order valence-corrected chi connectivity index (χ2v) is 6.04. The largest absolute Gasteiger partial charge is 0.496 e. The van der Waals surface area contributed by atoms with Gasteiger partial charge in [0, 0.05) is 23.7 Å². The molecule has 0 amide bonds. The van der Waals surface area contributed by atoms with Gasteiger partial charge in [0.05, 0.1) is 32.0 Å². The second-order valence-electron chi connectivity index (χ2n) is 5.60. The minimum atomic E-state index is -0.139. The molecule has 1 aromatic rings. The van der Waals surface area contributed by atoms with E-state index in [0.717, 1.165) is 24.4 Å². The van der Waals surface area contributed by atoms with Crippen LogP contribution in [0.15, 0.2) is 18.2 Å². The van der Waals surface area contributed by atoms with Crippen LogP contribution < -0.4 is 10.1 Å². The first kappa shape index (κ1) is 15.6. The summed E-state index contributed by atoms with van der Waals surface area (Å²) in [5, 5.41) is 4.04. The molecule has 1 N–H and O–H groups in total. The standard InChI is InChI=1S/C15H22ClNO3/c1-15(2)10-17-7-13(20-15)9-19-8-11-6-12(16)4-5-14(11)18-3/h4-6,13,17H,7-10H2,1-3H3. The highest BCUT2D eigenvalue weighted by Gasteiger charge is 2.28. The minimum Gasteiger partial charge on any atom is -0.496 e. The van der Waals surface area contributed by atoms with E-state index in [2.05, 4.69) is 19.2 Å². The van der Waals surface area contributed by atoms with Gasteiger partial charge in [-0.1, -0.05) is 11.6 Å². The number of rotatable bonds is 5. The van der Waals surface area contributed by atoms with Gasteiger partial charge in [-0.25, -0.2) is 0 Å². The molecule has 1 saturated heterocycles. The Bertz CT molecular complexity index is 451. The zero-order chi connectivity index (χ0) is 14.6. The molecule has 0 aromatic heterocycles. The molecule has 0 spiro atoms. The molecule has 0 aliphatic carbocycles. The van der Waals surface area contributed by atoms with E-state index in [1.165, 1.54) is 0 Å². The van der Waals surface area contributed by atoms with Crippen molar-refractivity contribution in [3.05, 3.63) is 28.8 Å². The fourth-order valence-electron chi connectivity index (χ4n) is 2.32. The van der Waals surface area contributed by atoms with Crippen molar-refractivity contribution in [2.24, 2.45) is 0 Å². The Morgan fingerprint density at radius 1 is 1.45 bits per heavy atom. The number of hydrogen-bond acceptors (Lipinski definition) is 4. The van der Waals surface area contributed by atoms with Crippen molar-refractivity contribution in [2.75, 3.05) is 26.8 Å². The van der Waals surface area contributed by atoms with Gasteiger partial charge in [-0.3, -0.25) is 0 Å². The summed E-state index contributed by atoms with van der Waals surface area (Å²) >= 11 is 5.99. The van der Waals surface area contributed by atoms with Crippen LogP contribution in [0.3, 0.4) is 0 Å². The molecule has 1 aromatic carbocycles. The van der Waals surface area contributed by atoms with Gasteiger partial charge in [0.15, 0.2) is 0 Å². The van der Waals surface area contributed by atoms with E-state index in [4.69, 9.17) is 25.8 Å². The van der Waals surface area contributed by atoms with E-state index in [-0.39, 0.29) is 11.7 Å². The van der Waals surface area contributed by atoms with E-state index < -0.39 is 0 Å². The molecule has 1 unspecified atom stereocenters. The van der Waals surface area contributed by atoms with Gasteiger partial charge in [0.2, 0.25) is 0 Å². The van der Waals surface area contributed by atoms with Crippen LogP contribution in [0.4, 0.5) is 0 Å². The minimum absolute atomic E-state index is 0.0731. The molecule has 1 heterocycles. The average molecular weight is 300 g/mol. The van der Waals surface area contributed by atoms with Crippen molar-refractivity contribution < 1.29 is 14.2 Å². The lowest BCUT2D eigenvalue weighted by atomic mass is 10.1. The van der Waals surface area contributed by atoms with Gasteiger partial charge in [0.1, 0.15) is 5.75 Å². The lowest BCUT2D eigenvalue weighted by Gasteiger charge is -2.36. The molecule has 20 heavy (non-hydrogen) atoms. The number of methoxy groups -OCH3 is 1. The molecule has 5 heteroatoms. The Kier molecular flexibility index (Phi) is 5.27. The van der Waals surface area contributed by atoms with Gasteiger partial charge in [-0.05, 0) is 32.0 Å². The smallest absolute Gasteiger partial charge is 0.124 e. The molecular weight excluding hydrogens is 278 g/mol. The van der Waals surface area contributed by atoms with Gasteiger partial charge in [-0.2, -0.15) is 0 Å². The van der Waals surface area contributed by atoms with Crippen LogP contribution in [0.2, 0.25) is 5.02 Å². The summed E-state index contributed by atoms with van der Waals surface area (Å²) in [5.74, 6) is 0.789. The average Bonchev–Trinajstić information content (AvgIpc) is 2.38. The Hall–Kier alpha value is -0.810. The molecule has 0 radical (unpaired) electrons. The van der Waals surface area contributed by atoms with Crippen molar-refractivity contribution in [1.29, 1.82) is 0 Å². The second kappa shape index (κ2) is 6.76. The molecule has 1 aliphatic heterocycles. The summed E-state index contributed by atoms with van der Waals surface area (Å²) in [5.41, 5.74) is 0.808. The Balaban J connectivity index is 1.85. The van der Waals surface area contributed by atoms with Crippen LogP contribution in [0.5, 0.6) is 5.75 Å². The maximum absolute atomic E-state index is 5.99. The molecule has 0 bridgehead atoms. The lowest BCUT2D eigenvalue weighted by Crippen LogP contribution is -2.51. The quantitative estimate of drug-likeness (QED) is 0.907. The first-order valence-corrected chi connectivity index (χ1v) is 7.17. The molecule has 2 rings (SSSR count). The SMILES string of the molecule is COc1ccc(Cl)cc1COCC1CNCC(C)(C)O1. The zero-order valence-corrected chi connectivity index (χ0v) is 13.0. The van der Waals surface area contributed by atoms with Crippen LogP contribution in [0.25, 0.3) is 0 Å². The summed E-state index contributed by atoms with van der Waals surface area (Å²) < 4.78 is 17.0. The number of hydrogen-bond donors (Lipinski definition) is 1. The van der Waals surface area contributed by atoms with E-state index in [0.29, 0.717) is 18.2 Å². The van der Waals surface area contributed by atoms with E-state index in [1.807, 2.05) is 12.1 Å². The maximum Gasteiger partial charge on any atom is 0.124 e. The van der Waals surface area contributed by atoms with Crippen LogP contribution in [-0.2, 0) is 16.1 Å². The highest BCUT2D eigenvalue weighted by Crippen LogP contribution is 2.23. The summed E-state index contributed by atoms with van der Waals surface area (Å²) in [7, 11) is 1.64. The van der Waals surface area contributed by atoms with Crippen LogP contribution in [0.1, 0.15) is 19.4 Å². The number of morpholine rings is 1. The maximum atomic E-state index is 5.99. The molecular formula is C15H22ClNO3. The fraction of sp³-hybridized carbons (Fsp3) is 0.600. The predicted octanol–water partition coefficient (Wildman–Crippen LogP) is 2.63. The van der Waals surface area contributed by atoms with E-state index in [9.17, 15) is 0 Å². The Labute approximate surface area is 125 Å². The topological polar surface area (TPSA) is 39.7 Å². The predicted molar refractivity (Wildman–Crippen MR) is 79.5 cm³/mol. The van der Waals surface area contributed by atoms with Gasteiger partial charge in [0.25, 0.3) is 0 Å². The third-order valence-electron chi connectivity index (χ3n) is 3.21. The van der Waals surface area contributed by atoms with Gasteiger partial charge < -0.3 is 19.5 Å². The molecule has 1 fully saturated rings. The number of halogens is 1. The molecule has 1 aliphatic rings. The van der Waals surface area contributed by atoms with E-state index >= 15 is 0 Å². The molecule has 0 saturated carbocycles. The molecule has 1 atom stereocenters. The normalized spacial score (nSPS) is 21.7. The number of nitrogens with one attached hydrogen (secondary N) is 1. The molecule has 112 valence electrons. The van der Waals surface area contributed by atoms with Gasteiger partial charge >= 0.3 is 0 Å².